The first-order chi connectivity index (χ1) is 16.9. The van der Waals surface area contributed by atoms with E-state index in [1.54, 1.807) is 17.3 Å². The van der Waals surface area contributed by atoms with Gasteiger partial charge in [-0.05, 0) is 47.7 Å². The lowest BCUT2D eigenvalue weighted by molar-refractivity contribution is 0.0115. The molecular formula is C27H25F2N5O. The predicted octanol–water partition coefficient (Wildman–Crippen LogP) is 4.89. The second-order valence-corrected chi connectivity index (χ2v) is 9.63. The van der Waals surface area contributed by atoms with Crippen molar-refractivity contribution in [2.45, 2.75) is 37.3 Å². The fraction of sp³-hybridized carbons (Fsp3) is 0.296. The molecule has 178 valence electrons. The van der Waals surface area contributed by atoms with Crippen LogP contribution in [0.2, 0.25) is 0 Å². The van der Waals surface area contributed by atoms with Gasteiger partial charge in [0.15, 0.2) is 5.69 Å². The van der Waals surface area contributed by atoms with Gasteiger partial charge in [0, 0.05) is 42.9 Å². The number of aromatic amines is 1. The second-order valence-electron chi connectivity index (χ2n) is 9.63. The number of hydrogen-bond acceptors (Lipinski definition) is 4. The van der Waals surface area contributed by atoms with E-state index in [0.717, 1.165) is 46.0 Å². The van der Waals surface area contributed by atoms with Gasteiger partial charge >= 0.3 is 0 Å². The molecule has 0 radical (unpaired) electrons. The summed E-state index contributed by atoms with van der Waals surface area (Å²) in [5.41, 5.74) is 4.53. The van der Waals surface area contributed by atoms with E-state index in [4.69, 9.17) is 0 Å². The Hall–Kier alpha value is -3.65. The maximum atomic E-state index is 13.6. The minimum Gasteiger partial charge on any atom is -0.341 e. The summed E-state index contributed by atoms with van der Waals surface area (Å²) in [6, 6.07) is 17.7. The van der Waals surface area contributed by atoms with E-state index in [1.165, 1.54) is 0 Å². The Morgan fingerprint density at radius 3 is 2.60 bits per heavy atom. The molecule has 2 fully saturated rings. The summed E-state index contributed by atoms with van der Waals surface area (Å²) < 4.78 is 27.1. The highest BCUT2D eigenvalue weighted by Crippen LogP contribution is 2.45. The number of H-pyrrole nitrogens is 1. The zero-order valence-electron chi connectivity index (χ0n) is 19.1. The van der Waals surface area contributed by atoms with Crippen molar-refractivity contribution in [1.29, 1.82) is 0 Å². The summed E-state index contributed by atoms with van der Waals surface area (Å²) in [4.78, 5) is 19.3. The highest BCUT2D eigenvalue weighted by atomic mass is 19.3. The number of hydrogen-bond donors (Lipinski definition) is 2. The fourth-order valence-corrected chi connectivity index (χ4v) is 4.94. The fourth-order valence-electron chi connectivity index (χ4n) is 4.94. The van der Waals surface area contributed by atoms with Gasteiger partial charge in [0.1, 0.15) is 0 Å². The summed E-state index contributed by atoms with van der Waals surface area (Å²) in [7, 11) is 0. The van der Waals surface area contributed by atoms with Gasteiger partial charge in [-0.15, -0.1) is 0 Å². The third kappa shape index (κ3) is 4.30. The van der Waals surface area contributed by atoms with E-state index in [9.17, 15) is 13.6 Å². The van der Waals surface area contributed by atoms with Gasteiger partial charge in [-0.3, -0.25) is 19.8 Å². The number of benzene rings is 2. The van der Waals surface area contributed by atoms with Crippen molar-refractivity contribution in [3.63, 3.8) is 0 Å². The number of nitrogens with one attached hydrogen (secondary N) is 2. The number of alkyl halides is 2. The summed E-state index contributed by atoms with van der Waals surface area (Å²) in [5, 5.41) is 11.2. The van der Waals surface area contributed by atoms with Crippen LogP contribution in [-0.2, 0) is 12.1 Å². The minimum atomic E-state index is -2.62. The SMILES string of the molecule is O=C(NC1(c2ccccc2)CC1)c1n[nH]c2ccc(-c3cncc(CN4CCC(F)(F)C4)c3)cc12. The number of aromatic nitrogens is 3. The molecule has 1 aliphatic carbocycles. The number of nitrogens with zero attached hydrogens (tertiary/aromatic N) is 3. The van der Waals surface area contributed by atoms with Crippen molar-refractivity contribution in [2.75, 3.05) is 13.1 Å². The molecule has 0 bridgehead atoms. The van der Waals surface area contributed by atoms with Crippen LogP contribution < -0.4 is 5.32 Å². The monoisotopic (exact) mass is 473 g/mol. The maximum absolute atomic E-state index is 13.6. The molecule has 2 aromatic carbocycles. The first kappa shape index (κ1) is 21.9. The van der Waals surface area contributed by atoms with E-state index >= 15 is 0 Å². The quantitative estimate of drug-likeness (QED) is 0.418. The summed E-state index contributed by atoms with van der Waals surface area (Å²) >= 11 is 0. The maximum Gasteiger partial charge on any atom is 0.273 e. The summed E-state index contributed by atoms with van der Waals surface area (Å²) in [6.45, 7) is 0.585. The molecule has 35 heavy (non-hydrogen) atoms. The average Bonchev–Trinajstić information content (AvgIpc) is 3.38. The lowest BCUT2D eigenvalue weighted by Gasteiger charge is -2.17. The van der Waals surface area contributed by atoms with Crippen LogP contribution in [0.4, 0.5) is 8.78 Å². The molecule has 1 saturated carbocycles. The van der Waals surface area contributed by atoms with Crippen molar-refractivity contribution >= 4 is 16.8 Å². The first-order valence-electron chi connectivity index (χ1n) is 11.8. The molecule has 1 amide bonds. The third-order valence-electron chi connectivity index (χ3n) is 6.99. The molecule has 8 heteroatoms. The van der Waals surface area contributed by atoms with Crippen molar-refractivity contribution in [3.05, 3.63) is 83.8 Å². The van der Waals surface area contributed by atoms with E-state index in [0.29, 0.717) is 18.8 Å². The Labute approximate surface area is 201 Å². The van der Waals surface area contributed by atoms with Gasteiger partial charge in [0.25, 0.3) is 11.8 Å². The number of amides is 1. The molecule has 4 aromatic rings. The largest absolute Gasteiger partial charge is 0.341 e. The summed E-state index contributed by atoms with van der Waals surface area (Å²) in [5.74, 6) is -2.83. The Balaban J connectivity index is 1.25. The second kappa shape index (κ2) is 8.23. The Morgan fingerprint density at radius 1 is 1.03 bits per heavy atom. The van der Waals surface area contributed by atoms with E-state index in [-0.39, 0.29) is 24.4 Å². The molecule has 1 aliphatic heterocycles. The third-order valence-corrected chi connectivity index (χ3v) is 6.99. The molecule has 2 aliphatic rings. The number of likely N-dealkylation sites (tertiary alicyclic amines) is 1. The van der Waals surface area contributed by atoms with Gasteiger partial charge in [0.05, 0.1) is 17.6 Å². The van der Waals surface area contributed by atoms with Crippen molar-refractivity contribution in [3.8, 4) is 11.1 Å². The zero-order valence-corrected chi connectivity index (χ0v) is 19.1. The molecule has 0 spiro atoms. The zero-order chi connectivity index (χ0) is 24.0. The van der Waals surface area contributed by atoms with Crippen LogP contribution in [0, 0.1) is 0 Å². The summed E-state index contributed by atoms with van der Waals surface area (Å²) in [6.07, 6.45) is 5.16. The van der Waals surface area contributed by atoms with Gasteiger partial charge in [-0.25, -0.2) is 8.78 Å². The van der Waals surface area contributed by atoms with Crippen LogP contribution in [0.25, 0.3) is 22.0 Å². The highest BCUT2D eigenvalue weighted by Gasteiger charge is 2.46. The number of carbonyl (C=O) groups excluding carboxylic acids is 1. The molecule has 6 rings (SSSR count). The molecule has 1 saturated heterocycles. The van der Waals surface area contributed by atoms with Gasteiger partial charge in [-0.1, -0.05) is 36.4 Å². The van der Waals surface area contributed by atoms with E-state index in [1.807, 2.05) is 54.6 Å². The van der Waals surface area contributed by atoms with E-state index < -0.39 is 5.92 Å². The van der Waals surface area contributed by atoms with Crippen LogP contribution in [0.5, 0.6) is 0 Å². The van der Waals surface area contributed by atoms with E-state index in [2.05, 4.69) is 20.5 Å². The lowest BCUT2D eigenvalue weighted by atomic mass is 10.0. The standard InChI is InChI=1S/C27H25F2N5O/c28-27(29)10-11-34(17-27)16-18-12-20(15-30-14-18)19-6-7-23-22(13-19)24(33-32-23)25(35)31-26(8-9-26)21-4-2-1-3-5-21/h1-7,12-15H,8-11,16-17H2,(H,31,35)(H,32,33). The number of carbonyl (C=O) groups is 1. The van der Waals surface area contributed by atoms with Crippen LogP contribution in [-0.4, -0.2) is 45.0 Å². The molecule has 2 N–H and O–H groups in total. The number of fused-ring (bicyclic) bond motifs is 1. The predicted molar refractivity (Wildman–Crippen MR) is 129 cm³/mol. The van der Waals surface area contributed by atoms with Crippen LogP contribution in [0.15, 0.2) is 67.0 Å². The molecule has 0 unspecified atom stereocenters. The first-order valence-corrected chi connectivity index (χ1v) is 11.8. The van der Waals surface area contributed by atoms with Crippen molar-refractivity contribution in [2.24, 2.45) is 0 Å². The Bertz CT molecular complexity index is 1400. The van der Waals surface area contributed by atoms with Gasteiger partial charge in [-0.2, -0.15) is 5.10 Å². The topological polar surface area (TPSA) is 73.9 Å². The number of halogens is 2. The van der Waals surface area contributed by atoms with Crippen molar-refractivity contribution < 1.29 is 13.6 Å². The van der Waals surface area contributed by atoms with Crippen molar-refractivity contribution in [1.82, 2.24) is 25.4 Å². The molecule has 3 heterocycles. The molecule has 2 aromatic heterocycles. The molecule has 6 nitrogen and oxygen atoms in total. The number of pyridine rings is 1. The minimum absolute atomic E-state index is 0.103. The number of rotatable bonds is 6. The lowest BCUT2D eigenvalue weighted by Crippen LogP contribution is -2.35. The van der Waals surface area contributed by atoms with Crippen LogP contribution >= 0.6 is 0 Å². The van der Waals surface area contributed by atoms with Crippen LogP contribution in [0.1, 0.15) is 40.9 Å². The highest BCUT2D eigenvalue weighted by molar-refractivity contribution is 6.06. The smallest absolute Gasteiger partial charge is 0.273 e. The Kier molecular flexibility index (Phi) is 5.14. The molecular weight excluding hydrogens is 448 g/mol. The normalized spacial score (nSPS) is 18.6. The average molecular weight is 474 g/mol. The van der Waals surface area contributed by atoms with Gasteiger partial charge < -0.3 is 5.32 Å². The van der Waals surface area contributed by atoms with Crippen LogP contribution in [0.3, 0.4) is 0 Å². The Morgan fingerprint density at radius 2 is 1.86 bits per heavy atom. The molecule has 0 atom stereocenters. The van der Waals surface area contributed by atoms with Gasteiger partial charge in [0.2, 0.25) is 0 Å².